The van der Waals surface area contributed by atoms with Crippen molar-refractivity contribution >= 4 is 11.8 Å². The SMILES string of the molecule is COc1ccccc1CNC(=O)c1cc(C2CCN(C(=O)c3ccn(C)n3)CC2)no1. The lowest BCUT2D eigenvalue weighted by Crippen LogP contribution is -2.38. The predicted octanol–water partition coefficient (Wildman–Crippen LogP) is 2.37. The second kappa shape index (κ2) is 9.03. The van der Waals surface area contributed by atoms with Crippen molar-refractivity contribution in [2.75, 3.05) is 20.2 Å². The lowest BCUT2D eigenvalue weighted by Gasteiger charge is -2.30. The standard InChI is InChI=1S/C22H25N5O4/c1-26-10-9-17(24-26)22(29)27-11-7-15(8-12-27)18-13-20(31-25-18)21(28)23-14-16-5-3-4-6-19(16)30-2/h3-6,9-10,13,15H,7-8,11-12,14H2,1-2H3,(H,23,28). The number of aryl methyl sites for hydroxylation is 1. The molecule has 0 saturated carbocycles. The van der Waals surface area contributed by atoms with Crippen molar-refractivity contribution in [2.45, 2.75) is 25.3 Å². The van der Waals surface area contributed by atoms with Gasteiger partial charge in [-0.1, -0.05) is 23.4 Å². The minimum absolute atomic E-state index is 0.0596. The summed E-state index contributed by atoms with van der Waals surface area (Å²) in [6.07, 6.45) is 3.27. The first-order chi connectivity index (χ1) is 15.0. The van der Waals surface area contributed by atoms with Gasteiger partial charge in [0.15, 0.2) is 0 Å². The van der Waals surface area contributed by atoms with Crippen molar-refractivity contribution in [3.8, 4) is 5.75 Å². The van der Waals surface area contributed by atoms with Crippen LogP contribution in [0.1, 0.15) is 51.1 Å². The van der Waals surface area contributed by atoms with Crippen LogP contribution in [-0.2, 0) is 13.6 Å². The zero-order valence-electron chi connectivity index (χ0n) is 17.6. The highest BCUT2D eigenvalue weighted by Crippen LogP contribution is 2.28. The minimum Gasteiger partial charge on any atom is -0.496 e. The van der Waals surface area contributed by atoms with Gasteiger partial charge in [0.25, 0.3) is 11.8 Å². The van der Waals surface area contributed by atoms with Crippen LogP contribution in [0.3, 0.4) is 0 Å². The lowest BCUT2D eigenvalue weighted by molar-refractivity contribution is 0.0704. The maximum Gasteiger partial charge on any atom is 0.290 e. The molecule has 1 aromatic carbocycles. The summed E-state index contributed by atoms with van der Waals surface area (Å²) in [5.41, 5.74) is 2.08. The van der Waals surface area contributed by atoms with Gasteiger partial charge in [-0.2, -0.15) is 5.10 Å². The van der Waals surface area contributed by atoms with E-state index in [-0.39, 0.29) is 23.5 Å². The lowest BCUT2D eigenvalue weighted by atomic mass is 9.93. The Balaban J connectivity index is 1.32. The molecule has 1 fully saturated rings. The zero-order chi connectivity index (χ0) is 21.8. The Morgan fingerprint density at radius 2 is 2.00 bits per heavy atom. The Hall–Kier alpha value is -3.62. The van der Waals surface area contributed by atoms with Crippen molar-refractivity contribution in [1.29, 1.82) is 0 Å². The smallest absolute Gasteiger partial charge is 0.290 e. The van der Waals surface area contributed by atoms with E-state index >= 15 is 0 Å². The molecule has 4 rings (SSSR count). The third-order valence-electron chi connectivity index (χ3n) is 5.52. The van der Waals surface area contributed by atoms with Gasteiger partial charge < -0.3 is 19.5 Å². The van der Waals surface area contributed by atoms with Crippen LogP contribution in [0.15, 0.2) is 47.1 Å². The number of nitrogens with zero attached hydrogens (tertiary/aromatic N) is 4. The number of piperidine rings is 1. The number of ether oxygens (including phenoxy) is 1. The summed E-state index contributed by atoms with van der Waals surface area (Å²) in [5.74, 6) is 0.653. The van der Waals surface area contributed by atoms with Gasteiger partial charge in [0, 0.05) is 50.4 Å². The van der Waals surface area contributed by atoms with Crippen LogP contribution in [0.5, 0.6) is 5.75 Å². The topological polar surface area (TPSA) is 102 Å². The number of carbonyl (C=O) groups excluding carboxylic acids is 2. The quantitative estimate of drug-likeness (QED) is 0.653. The molecule has 0 bridgehead atoms. The average molecular weight is 423 g/mol. The molecule has 1 aliphatic rings. The highest BCUT2D eigenvalue weighted by atomic mass is 16.5. The molecular formula is C22H25N5O4. The number of carbonyl (C=O) groups is 2. The monoisotopic (exact) mass is 423 g/mol. The van der Waals surface area contributed by atoms with Crippen LogP contribution in [0, 0.1) is 0 Å². The van der Waals surface area contributed by atoms with E-state index in [1.165, 1.54) is 0 Å². The van der Waals surface area contributed by atoms with E-state index in [0.29, 0.717) is 31.1 Å². The summed E-state index contributed by atoms with van der Waals surface area (Å²) in [6, 6.07) is 10.9. The fourth-order valence-corrected chi connectivity index (χ4v) is 3.77. The molecule has 9 heteroatoms. The van der Waals surface area contributed by atoms with E-state index in [4.69, 9.17) is 9.26 Å². The molecule has 2 amide bonds. The number of nitrogens with one attached hydrogen (secondary N) is 1. The number of likely N-dealkylation sites (tertiary alicyclic amines) is 1. The molecular weight excluding hydrogens is 398 g/mol. The van der Waals surface area contributed by atoms with Gasteiger partial charge in [-0.05, 0) is 25.0 Å². The number of para-hydroxylation sites is 1. The van der Waals surface area contributed by atoms with Crippen LogP contribution in [0.4, 0.5) is 0 Å². The first-order valence-corrected chi connectivity index (χ1v) is 10.2. The summed E-state index contributed by atoms with van der Waals surface area (Å²) in [5, 5.41) is 11.1. The molecule has 0 unspecified atom stereocenters. The number of rotatable bonds is 6. The fourth-order valence-electron chi connectivity index (χ4n) is 3.77. The Bertz CT molecular complexity index is 1070. The van der Waals surface area contributed by atoms with Crippen molar-refractivity contribution in [1.82, 2.24) is 25.2 Å². The van der Waals surface area contributed by atoms with Gasteiger partial charge in [-0.15, -0.1) is 0 Å². The van der Waals surface area contributed by atoms with E-state index in [0.717, 1.165) is 24.1 Å². The van der Waals surface area contributed by atoms with Gasteiger partial charge in [0.2, 0.25) is 5.76 Å². The number of hydrogen-bond acceptors (Lipinski definition) is 6. The molecule has 0 atom stereocenters. The number of hydrogen-bond donors (Lipinski definition) is 1. The largest absolute Gasteiger partial charge is 0.496 e. The molecule has 31 heavy (non-hydrogen) atoms. The van der Waals surface area contributed by atoms with Gasteiger partial charge >= 0.3 is 0 Å². The first-order valence-electron chi connectivity index (χ1n) is 10.2. The summed E-state index contributed by atoms with van der Waals surface area (Å²) in [4.78, 5) is 26.8. The van der Waals surface area contributed by atoms with Gasteiger partial charge in [0.05, 0.1) is 12.8 Å². The van der Waals surface area contributed by atoms with Crippen LogP contribution in [-0.4, -0.2) is 51.9 Å². The van der Waals surface area contributed by atoms with Crippen molar-refractivity contribution < 1.29 is 18.8 Å². The molecule has 1 N–H and O–H groups in total. The van der Waals surface area contributed by atoms with E-state index in [2.05, 4.69) is 15.6 Å². The molecule has 162 valence electrons. The van der Waals surface area contributed by atoms with E-state index < -0.39 is 0 Å². The molecule has 0 radical (unpaired) electrons. The van der Waals surface area contributed by atoms with Crippen LogP contribution in [0.2, 0.25) is 0 Å². The van der Waals surface area contributed by atoms with Crippen molar-refractivity contribution in [3.63, 3.8) is 0 Å². The number of amides is 2. The van der Waals surface area contributed by atoms with Crippen LogP contribution >= 0.6 is 0 Å². The summed E-state index contributed by atoms with van der Waals surface area (Å²) in [6.45, 7) is 1.55. The maximum absolute atomic E-state index is 12.5. The summed E-state index contributed by atoms with van der Waals surface area (Å²) < 4.78 is 12.2. The van der Waals surface area contributed by atoms with Crippen LogP contribution < -0.4 is 10.1 Å². The molecule has 2 aromatic heterocycles. The Morgan fingerprint density at radius 1 is 1.23 bits per heavy atom. The summed E-state index contributed by atoms with van der Waals surface area (Å²) in [7, 11) is 3.39. The first kappa shape index (κ1) is 20.6. The molecule has 0 spiro atoms. The third-order valence-corrected chi connectivity index (χ3v) is 5.52. The predicted molar refractivity (Wildman–Crippen MR) is 112 cm³/mol. The number of benzene rings is 1. The van der Waals surface area contributed by atoms with E-state index in [1.54, 1.807) is 42.1 Å². The van der Waals surface area contributed by atoms with Gasteiger partial charge in [-0.3, -0.25) is 14.3 Å². The van der Waals surface area contributed by atoms with Gasteiger partial charge in [0.1, 0.15) is 11.4 Å². The van der Waals surface area contributed by atoms with E-state index in [1.807, 2.05) is 24.3 Å². The minimum atomic E-state index is -0.326. The van der Waals surface area contributed by atoms with Crippen LogP contribution in [0.25, 0.3) is 0 Å². The third kappa shape index (κ3) is 4.60. The zero-order valence-corrected chi connectivity index (χ0v) is 17.6. The fraction of sp³-hybridized carbons (Fsp3) is 0.364. The highest BCUT2D eigenvalue weighted by Gasteiger charge is 2.28. The highest BCUT2D eigenvalue weighted by molar-refractivity contribution is 5.92. The molecule has 0 aliphatic carbocycles. The maximum atomic E-state index is 12.5. The Morgan fingerprint density at radius 3 is 2.71 bits per heavy atom. The van der Waals surface area contributed by atoms with Gasteiger partial charge in [-0.25, -0.2) is 0 Å². The summed E-state index contributed by atoms with van der Waals surface area (Å²) >= 11 is 0. The average Bonchev–Trinajstić information content (AvgIpc) is 3.47. The number of aromatic nitrogens is 3. The number of methoxy groups -OCH3 is 1. The molecule has 3 aromatic rings. The molecule has 1 saturated heterocycles. The molecule has 9 nitrogen and oxygen atoms in total. The Kier molecular flexibility index (Phi) is 6.01. The van der Waals surface area contributed by atoms with Crippen molar-refractivity contribution in [2.24, 2.45) is 7.05 Å². The molecule has 1 aliphatic heterocycles. The second-order valence-corrected chi connectivity index (χ2v) is 7.55. The van der Waals surface area contributed by atoms with E-state index in [9.17, 15) is 9.59 Å². The molecule has 3 heterocycles. The normalized spacial score (nSPS) is 14.5. The second-order valence-electron chi connectivity index (χ2n) is 7.55. The Labute approximate surface area is 180 Å². The van der Waals surface area contributed by atoms with Crippen molar-refractivity contribution in [3.05, 3.63) is 65.3 Å².